The van der Waals surface area contributed by atoms with E-state index in [1.54, 1.807) is 0 Å². The SMILES string of the molecule is CCN(CCO)C12CC3CC(CC(C3)C1)C2.Cl. The van der Waals surface area contributed by atoms with Crippen LogP contribution in [-0.4, -0.2) is 35.2 Å². The molecule has 100 valence electrons. The number of β-amino-alcohol motifs (C(OH)–C–C–N with tert-alkyl or cyclic N) is 1. The van der Waals surface area contributed by atoms with Crippen LogP contribution in [0.5, 0.6) is 0 Å². The van der Waals surface area contributed by atoms with Crippen LogP contribution < -0.4 is 0 Å². The second kappa shape index (κ2) is 5.07. The molecular weight excluding hydrogens is 234 g/mol. The molecule has 4 aliphatic rings. The van der Waals surface area contributed by atoms with Gasteiger partial charge in [0, 0.05) is 12.1 Å². The van der Waals surface area contributed by atoms with Gasteiger partial charge in [-0.05, 0) is 62.8 Å². The van der Waals surface area contributed by atoms with Crippen LogP contribution in [0.1, 0.15) is 45.4 Å². The van der Waals surface area contributed by atoms with Crippen molar-refractivity contribution in [3.05, 3.63) is 0 Å². The van der Waals surface area contributed by atoms with Crippen molar-refractivity contribution >= 4 is 12.4 Å². The molecule has 1 N–H and O–H groups in total. The standard InChI is InChI=1S/C14H25NO.ClH/c1-2-15(3-4-16)14-8-11-5-12(9-14)7-13(6-11)10-14;/h11-13,16H,2-10H2,1H3;1H. The molecule has 0 spiro atoms. The van der Waals surface area contributed by atoms with Crippen LogP contribution in [0.15, 0.2) is 0 Å². The number of nitrogens with zero attached hydrogens (tertiary/aromatic N) is 1. The largest absolute Gasteiger partial charge is 0.395 e. The third-order valence-electron chi connectivity index (χ3n) is 5.43. The smallest absolute Gasteiger partial charge is 0.0558 e. The first-order valence-electron chi connectivity index (χ1n) is 7.11. The van der Waals surface area contributed by atoms with Crippen molar-refractivity contribution in [1.29, 1.82) is 0 Å². The fourth-order valence-corrected chi connectivity index (χ4v) is 5.30. The maximum atomic E-state index is 9.23. The third-order valence-corrected chi connectivity index (χ3v) is 5.43. The van der Waals surface area contributed by atoms with Gasteiger partial charge in [-0.15, -0.1) is 12.4 Å². The van der Waals surface area contributed by atoms with Crippen molar-refractivity contribution in [1.82, 2.24) is 4.90 Å². The van der Waals surface area contributed by atoms with Gasteiger partial charge in [-0.3, -0.25) is 4.90 Å². The molecule has 0 aromatic carbocycles. The van der Waals surface area contributed by atoms with Crippen LogP contribution in [0.3, 0.4) is 0 Å². The molecule has 0 aliphatic heterocycles. The summed E-state index contributed by atoms with van der Waals surface area (Å²) < 4.78 is 0. The molecule has 0 saturated heterocycles. The van der Waals surface area contributed by atoms with Gasteiger partial charge in [-0.25, -0.2) is 0 Å². The highest BCUT2D eigenvalue weighted by molar-refractivity contribution is 5.85. The number of hydrogen-bond acceptors (Lipinski definition) is 2. The molecule has 0 amide bonds. The van der Waals surface area contributed by atoms with Gasteiger partial charge in [0.05, 0.1) is 6.61 Å². The van der Waals surface area contributed by atoms with E-state index in [0.29, 0.717) is 12.1 Å². The van der Waals surface area contributed by atoms with E-state index in [1.807, 2.05) is 0 Å². The molecule has 4 saturated carbocycles. The summed E-state index contributed by atoms with van der Waals surface area (Å²) in [6, 6.07) is 0. The third kappa shape index (κ3) is 2.24. The topological polar surface area (TPSA) is 23.5 Å². The Morgan fingerprint density at radius 1 is 1.06 bits per heavy atom. The molecule has 4 fully saturated rings. The van der Waals surface area contributed by atoms with E-state index in [2.05, 4.69) is 11.8 Å². The fourth-order valence-electron chi connectivity index (χ4n) is 5.30. The Morgan fingerprint density at radius 2 is 1.53 bits per heavy atom. The Morgan fingerprint density at radius 3 is 1.88 bits per heavy atom. The predicted octanol–water partition coefficient (Wildman–Crippen LogP) is 2.69. The first-order valence-corrected chi connectivity index (χ1v) is 7.11. The summed E-state index contributed by atoms with van der Waals surface area (Å²) in [5.41, 5.74) is 0.492. The van der Waals surface area contributed by atoms with Gasteiger partial charge < -0.3 is 5.11 Å². The lowest BCUT2D eigenvalue weighted by molar-refractivity contribution is -0.0903. The van der Waals surface area contributed by atoms with Crippen molar-refractivity contribution in [3.63, 3.8) is 0 Å². The minimum absolute atomic E-state index is 0. The molecule has 0 heterocycles. The van der Waals surface area contributed by atoms with E-state index in [4.69, 9.17) is 0 Å². The normalized spacial score (nSPS) is 42.9. The van der Waals surface area contributed by atoms with E-state index in [9.17, 15) is 5.11 Å². The van der Waals surface area contributed by atoms with Crippen LogP contribution in [0, 0.1) is 17.8 Å². The maximum absolute atomic E-state index is 9.23. The minimum atomic E-state index is 0. The van der Waals surface area contributed by atoms with E-state index in [-0.39, 0.29) is 12.4 Å². The first kappa shape index (κ1) is 13.6. The number of likely N-dealkylation sites (N-methyl/N-ethyl adjacent to an activating group) is 1. The Bertz CT molecular complexity index is 234. The molecule has 0 aromatic heterocycles. The molecule has 0 aromatic rings. The van der Waals surface area contributed by atoms with Crippen molar-refractivity contribution in [2.45, 2.75) is 51.0 Å². The average molecular weight is 260 g/mol. The Hall–Kier alpha value is 0.210. The number of rotatable bonds is 4. The van der Waals surface area contributed by atoms with Crippen LogP contribution >= 0.6 is 12.4 Å². The van der Waals surface area contributed by atoms with Gasteiger partial charge in [0.1, 0.15) is 0 Å². The predicted molar refractivity (Wildman–Crippen MR) is 72.5 cm³/mol. The molecule has 17 heavy (non-hydrogen) atoms. The van der Waals surface area contributed by atoms with Crippen molar-refractivity contribution < 1.29 is 5.11 Å². The van der Waals surface area contributed by atoms with Crippen LogP contribution in [0.2, 0.25) is 0 Å². The lowest BCUT2D eigenvalue weighted by atomic mass is 9.52. The van der Waals surface area contributed by atoms with Gasteiger partial charge in [0.2, 0.25) is 0 Å². The summed E-state index contributed by atoms with van der Waals surface area (Å²) >= 11 is 0. The summed E-state index contributed by atoms with van der Waals surface area (Å²) in [5.74, 6) is 3.04. The van der Waals surface area contributed by atoms with Crippen molar-refractivity contribution in [2.75, 3.05) is 19.7 Å². The second-order valence-electron chi connectivity index (χ2n) is 6.45. The highest BCUT2D eigenvalue weighted by Crippen LogP contribution is 2.57. The van der Waals surface area contributed by atoms with E-state index < -0.39 is 0 Å². The van der Waals surface area contributed by atoms with E-state index >= 15 is 0 Å². The maximum Gasteiger partial charge on any atom is 0.0558 e. The van der Waals surface area contributed by atoms with Crippen LogP contribution in [0.4, 0.5) is 0 Å². The summed E-state index contributed by atoms with van der Waals surface area (Å²) in [6.45, 7) is 4.60. The zero-order valence-electron chi connectivity index (χ0n) is 10.9. The number of aliphatic hydroxyl groups excluding tert-OH is 1. The quantitative estimate of drug-likeness (QED) is 0.839. The van der Waals surface area contributed by atoms with Gasteiger partial charge in [-0.1, -0.05) is 6.92 Å². The van der Waals surface area contributed by atoms with Gasteiger partial charge in [-0.2, -0.15) is 0 Å². The molecule has 4 aliphatic carbocycles. The van der Waals surface area contributed by atoms with E-state index in [0.717, 1.165) is 30.8 Å². The van der Waals surface area contributed by atoms with Crippen LogP contribution in [0.25, 0.3) is 0 Å². The van der Waals surface area contributed by atoms with Gasteiger partial charge in [0.15, 0.2) is 0 Å². The fraction of sp³-hybridized carbons (Fsp3) is 1.00. The summed E-state index contributed by atoms with van der Waals surface area (Å²) in [6.07, 6.45) is 8.80. The lowest BCUT2D eigenvalue weighted by Crippen LogP contribution is -2.60. The summed E-state index contributed by atoms with van der Waals surface area (Å²) in [4.78, 5) is 2.59. The highest BCUT2D eigenvalue weighted by atomic mass is 35.5. The van der Waals surface area contributed by atoms with Crippen molar-refractivity contribution in [2.24, 2.45) is 17.8 Å². The Balaban J connectivity index is 0.00000108. The van der Waals surface area contributed by atoms with Gasteiger partial charge >= 0.3 is 0 Å². The number of hydrogen-bond donors (Lipinski definition) is 1. The summed E-state index contributed by atoms with van der Waals surface area (Å²) in [5, 5.41) is 9.23. The first-order chi connectivity index (χ1) is 7.75. The molecule has 4 bridgehead atoms. The average Bonchev–Trinajstić information content (AvgIpc) is 2.23. The Labute approximate surface area is 111 Å². The monoisotopic (exact) mass is 259 g/mol. The van der Waals surface area contributed by atoms with Gasteiger partial charge in [0.25, 0.3) is 0 Å². The minimum Gasteiger partial charge on any atom is -0.395 e. The Kier molecular flexibility index (Phi) is 4.06. The molecular formula is C14H26ClNO. The second-order valence-corrected chi connectivity index (χ2v) is 6.45. The number of aliphatic hydroxyl groups is 1. The highest BCUT2D eigenvalue weighted by Gasteiger charge is 2.52. The molecule has 4 rings (SSSR count). The molecule has 0 radical (unpaired) electrons. The molecule has 0 atom stereocenters. The molecule has 3 heteroatoms. The van der Waals surface area contributed by atoms with Crippen molar-refractivity contribution in [3.8, 4) is 0 Å². The lowest BCUT2D eigenvalue weighted by Gasteiger charge is -2.60. The number of halogens is 1. The molecule has 2 nitrogen and oxygen atoms in total. The zero-order chi connectivity index (χ0) is 11.2. The molecule has 0 unspecified atom stereocenters. The van der Waals surface area contributed by atoms with E-state index in [1.165, 1.54) is 38.5 Å². The summed E-state index contributed by atoms with van der Waals surface area (Å²) in [7, 11) is 0. The van der Waals surface area contributed by atoms with Crippen LogP contribution in [-0.2, 0) is 0 Å². The zero-order valence-corrected chi connectivity index (χ0v) is 11.7.